The van der Waals surface area contributed by atoms with Crippen LogP contribution in [-0.4, -0.2) is 24.1 Å². The minimum atomic E-state index is -0.0529. The van der Waals surface area contributed by atoms with Gasteiger partial charge in [0.15, 0.2) is 0 Å². The second kappa shape index (κ2) is 6.70. The molecule has 0 aromatic heterocycles. The van der Waals surface area contributed by atoms with Crippen LogP contribution < -0.4 is 0 Å². The van der Waals surface area contributed by atoms with Crippen LogP contribution in [0.1, 0.15) is 42.9 Å². The number of hydrogen-bond donors (Lipinski definition) is 0. The zero-order valence-electron chi connectivity index (χ0n) is 14.6. The summed E-state index contributed by atoms with van der Waals surface area (Å²) in [7, 11) is 0. The Hall–Kier alpha value is -1.64. The van der Waals surface area contributed by atoms with Crippen molar-refractivity contribution in [2.75, 3.05) is 13.1 Å². The summed E-state index contributed by atoms with van der Waals surface area (Å²) in [5.41, 5.74) is 4.31. The number of benzene rings is 2. The standard InChI is InChI=1S/C22H27NO/c1-2-20-16-19-10-6-7-11-21(19)22(24-20)12-14-23(15-13-22)17-18-8-4-3-5-9-18/h3-11,20H,2,12-17H2,1H3/t20-/m1/s1. The molecular weight excluding hydrogens is 294 g/mol. The van der Waals surface area contributed by atoms with E-state index in [2.05, 4.69) is 66.4 Å². The van der Waals surface area contributed by atoms with Crippen molar-refractivity contribution in [3.8, 4) is 0 Å². The summed E-state index contributed by atoms with van der Waals surface area (Å²) in [6.07, 6.45) is 4.76. The third-order valence-electron chi connectivity index (χ3n) is 5.72. The summed E-state index contributed by atoms with van der Waals surface area (Å²) >= 11 is 0. The van der Waals surface area contributed by atoms with Crippen molar-refractivity contribution >= 4 is 0 Å². The van der Waals surface area contributed by atoms with E-state index in [1.165, 1.54) is 16.7 Å². The molecule has 0 unspecified atom stereocenters. The molecule has 0 aliphatic carbocycles. The second-order valence-corrected chi connectivity index (χ2v) is 7.27. The van der Waals surface area contributed by atoms with Gasteiger partial charge in [-0.05, 0) is 42.4 Å². The molecule has 0 N–H and O–H groups in total. The van der Waals surface area contributed by atoms with Crippen molar-refractivity contribution in [3.63, 3.8) is 0 Å². The Bertz CT molecular complexity index is 673. The maximum atomic E-state index is 6.66. The Morgan fingerprint density at radius 1 is 1.00 bits per heavy atom. The molecule has 2 nitrogen and oxygen atoms in total. The van der Waals surface area contributed by atoms with Gasteiger partial charge in [-0.1, -0.05) is 61.5 Å². The van der Waals surface area contributed by atoms with Gasteiger partial charge >= 0.3 is 0 Å². The molecule has 0 saturated carbocycles. The molecule has 0 bridgehead atoms. The lowest BCUT2D eigenvalue weighted by Crippen LogP contribution is -2.48. The first-order valence-corrected chi connectivity index (χ1v) is 9.31. The van der Waals surface area contributed by atoms with E-state index in [1.807, 2.05) is 0 Å². The minimum Gasteiger partial charge on any atom is -0.367 e. The van der Waals surface area contributed by atoms with E-state index in [4.69, 9.17) is 4.74 Å². The van der Waals surface area contributed by atoms with Crippen molar-refractivity contribution in [2.24, 2.45) is 0 Å². The molecule has 2 aliphatic heterocycles. The highest BCUT2D eigenvalue weighted by molar-refractivity contribution is 5.35. The number of fused-ring (bicyclic) bond motifs is 2. The first-order valence-electron chi connectivity index (χ1n) is 9.31. The van der Waals surface area contributed by atoms with E-state index >= 15 is 0 Å². The van der Waals surface area contributed by atoms with Crippen LogP contribution >= 0.6 is 0 Å². The number of nitrogens with zero attached hydrogens (tertiary/aromatic N) is 1. The number of ether oxygens (including phenoxy) is 1. The topological polar surface area (TPSA) is 12.5 Å². The van der Waals surface area contributed by atoms with Gasteiger partial charge < -0.3 is 4.74 Å². The first-order chi connectivity index (χ1) is 11.8. The van der Waals surface area contributed by atoms with Gasteiger partial charge in [0, 0.05) is 19.6 Å². The largest absolute Gasteiger partial charge is 0.367 e. The van der Waals surface area contributed by atoms with Crippen LogP contribution in [0.15, 0.2) is 54.6 Å². The molecule has 2 heteroatoms. The van der Waals surface area contributed by atoms with Crippen LogP contribution in [0.25, 0.3) is 0 Å². The van der Waals surface area contributed by atoms with Gasteiger partial charge in [0.05, 0.1) is 11.7 Å². The molecule has 2 aromatic rings. The Balaban J connectivity index is 1.51. The lowest BCUT2D eigenvalue weighted by atomic mass is 9.78. The van der Waals surface area contributed by atoms with E-state index in [0.29, 0.717) is 6.10 Å². The molecule has 1 spiro atoms. The molecule has 24 heavy (non-hydrogen) atoms. The van der Waals surface area contributed by atoms with Crippen LogP contribution in [0.5, 0.6) is 0 Å². The molecule has 1 atom stereocenters. The molecule has 2 aliphatic rings. The smallest absolute Gasteiger partial charge is 0.0962 e. The third kappa shape index (κ3) is 3.01. The molecule has 126 valence electrons. The highest BCUT2D eigenvalue weighted by Crippen LogP contribution is 2.43. The van der Waals surface area contributed by atoms with Crippen LogP contribution in [-0.2, 0) is 23.3 Å². The molecule has 2 aromatic carbocycles. The fourth-order valence-corrected chi connectivity index (χ4v) is 4.34. The van der Waals surface area contributed by atoms with Crippen molar-refractivity contribution in [1.29, 1.82) is 0 Å². The fourth-order valence-electron chi connectivity index (χ4n) is 4.34. The summed E-state index contributed by atoms with van der Waals surface area (Å²) in [5.74, 6) is 0. The predicted molar refractivity (Wildman–Crippen MR) is 97.9 cm³/mol. The quantitative estimate of drug-likeness (QED) is 0.823. The average molecular weight is 321 g/mol. The van der Waals surface area contributed by atoms with Gasteiger partial charge in [-0.25, -0.2) is 0 Å². The zero-order valence-corrected chi connectivity index (χ0v) is 14.6. The molecule has 0 radical (unpaired) electrons. The van der Waals surface area contributed by atoms with Crippen LogP contribution in [0, 0.1) is 0 Å². The molecular formula is C22H27NO. The predicted octanol–water partition coefficient (Wildman–Crippen LogP) is 4.53. The van der Waals surface area contributed by atoms with Crippen molar-refractivity contribution in [3.05, 3.63) is 71.3 Å². The van der Waals surface area contributed by atoms with Gasteiger partial charge in [-0.2, -0.15) is 0 Å². The SMILES string of the molecule is CC[C@@H]1Cc2ccccc2C2(CCN(Cc3ccccc3)CC2)O1. The summed E-state index contributed by atoms with van der Waals surface area (Å²) in [4.78, 5) is 2.57. The minimum absolute atomic E-state index is 0.0529. The van der Waals surface area contributed by atoms with Crippen molar-refractivity contribution in [2.45, 2.75) is 50.9 Å². The van der Waals surface area contributed by atoms with E-state index in [-0.39, 0.29) is 5.60 Å². The van der Waals surface area contributed by atoms with Gasteiger partial charge in [0.2, 0.25) is 0 Å². The molecule has 1 fully saturated rings. The first kappa shape index (κ1) is 15.9. The number of likely N-dealkylation sites (tertiary alicyclic amines) is 1. The fraction of sp³-hybridized carbons (Fsp3) is 0.455. The van der Waals surface area contributed by atoms with Crippen LogP contribution in [0.4, 0.5) is 0 Å². The van der Waals surface area contributed by atoms with Crippen LogP contribution in [0.2, 0.25) is 0 Å². The lowest BCUT2D eigenvalue weighted by molar-refractivity contribution is -0.141. The Labute approximate surface area is 145 Å². The summed E-state index contributed by atoms with van der Waals surface area (Å²) in [5, 5.41) is 0. The van der Waals surface area contributed by atoms with E-state index in [0.717, 1.165) is 45.3 Å². The Morgan fingerprint density at radius 3 is 2.46 bits per heavy atom. The number of piperidine rings is 1. The van der Waals surface area contributed by atoms with Gasteiger partial charge in [-0.15, -0.1) is 0 Å². The third-order valence-corrected chi connectivity index (χ3v) is 5.72. The Morgan fingerprint density at radius 2 is 1.71 bits per heavy atom. The Kier molecular flexibility index (Phi) is 4.43. The maximum Gasteiger partial charge on any atom is 0.0962 e. The molecule has 1 saturated heterocycles. The van der Waals surface area contributed by atoms with E-state index in [9.17, 15) is 0 Å². The van der Waals surface area contributed by atoms with Crippen LogP contribution in [0.3, 0.4) is 0 Å². The monoisotopic (exact) mass is 321 g/mol. The summed E-state index contributed by atoms with van der Waals surface area (Å²) < 4.78 is 6.66. The normalized spacial score (nSPS) is 23.1. The molecule has 2 heterocycles. The highest BCUT2D eigenvalue weighted by atomic mass is 16.5. The van der Waals surface area contributed by atoms with Gasteiger partial charge in [0.1, 0.15) is 0 Å². The average Bonchev–Trinajstić information content (AvgIpc) is 2.64. The molecule has 4 rings (SSSR count). The van der Waals surface area contributed by atoms with Crippen molar-refractivity contribution < 1.29 is 4.74 Å². The maximum absolute atomic E-state index is 6.66. The molecule has 0 amide bonds. The van der Waals surface area contributed by atoms with E-state index in [1.54, 1.807) is 0 Å². The summed E-state index contributed by atoms with van der Waals surface area (Å²) in [6.45, 7) is 5.52. The zero-order chi connectivity index (χ0) is 16.4. The van der Waals surface area contributed by atoms with E-state index < -0.39 is 0 Å². The number of rotatable bonds is 3. The lowest BCUT2D eigenvalue weighted by Gasteiger charge is -2.47. The van der Waals surface area contributed by atoms with Gasteiger partial charge in [0.25, 0.3) is 0 Å². The van der Waals surface area contributed by atoms with Gasteiger partial charge in [-0.3, -0.25) is 4.90 Å². The second-order valence-electron chi connectivity index (χ2n) is 7.27. The van der Waals surface area contributed by atoms with Crippen molar-refractivity contribution in [1.82, 2.24) is 4.90 Å². The highest BCUT2D eigenvalue weighted by Gasteiger charge is 2.42. The summed E-state index contributed by atoms with van der Waals surface area (Å²) in [6, 6.07) is 19.8. The number of hydrogen-bond acceptors (Lipinski definition) is 2.